The zero-order valence-electron chi connectivity index (χ0n) is 17.0. The highest BCUT2D eigenvalue weighted by Crippen LogP contribution is 2.40. The Morgan fingerprint density at radius 2 is 2.14 bits per heavy atom. The van der Waals surface area contributed by atoms with Crippen molar-refractivity contribution in [2.24, 2.45) is 5.92 Å². The van der Waals surface area contributed by atoms with Crippen LogP contribution in [0.1, 0.15) is 52.5 Å². The fourth-order valence-electron chi connectivity index (χ4n) is 3.54. The number of rotatable bonds is 7. The van der Waals surface area contributed by atoms with Gasteiger partial charge in [-0.15, -0.1) is 11.3 Å². The minimum Gasteiger partial charge on any atom is -0.493 e. The molecular formula is C22H26ClNO4S. The first kappa shape index (κ1) is 21.7. The minimum absolute atomic E-state index is 0.127. The maximum atomic E-state index is 12.4. The predicted molar refractivity (Wildman–Crippen MR) is 116 cm³/mol. The highest BCUT2D eigenvalue weighted by molar-refractivity contribution is 7.17. The normalized spacial score (nSPS) is 15.5. The van der Waals surface area contributed by atoms with E-state index in [0.29, 0.717) is 41.0 Å². The van der Waals surface area contributed by atoms with Gasteiger partial charge in [0.25, 0.3) is 0 Å². The first-order valence-corrected chi connectivity index (χ1v) is 11.0. The molecule has 1 aliphatic rings. The number of anilines is 1. The van der Waals surface area contributed by atoms with Crippen LogP contribution in [0.25, 0.3) is 0 Å². The molecule has 0 fully saturated rings. The molecule has 156 valence electrons. The number of carbonyl (C=O) groups is 2. The summed E-state index contributed by atoms with van der Waals surface area (Å²) in [6.45, 7) is 4.57. The van der Waals surface area contributed by atoms with E-state index in [2.05, 4.69) is 12.2 Å². The molecule has 1 unspecified atom stereocenters. The Morgan fingerprint density at radius 1 is 1.34 bits per heavy atom. The Morgan fingerprint density at radius 3 is 2.86 bits per heavy atom. The lowest BCUT2D eigenvalue weighted by Crippen LogP contribution is -2.16. The molecule has 1 amide bonds. The van der Waals surface area contributed by atoms with Gasteiger partial charge in [-0.2, -0.15) is 0 Å². The van der Waals surface area contributed by atoms with Crippen LogP contribution in [0, 0.1) is 12.8 Å². The standard InChI is InChI=1S/C22H26ClNO4S/c1-13-6-8-16-18(11-13)29-21(20(16)22(26)27-3)24-19(25)5-4-10-28-17-9-7-15(23)12-14(17)2/h7,9,12-13H,4-6,8,10-11H2,1-3H3,(H,24,25). The summed E-state index contributed by atoms with van der Waals surface area (Å²) in [6.07, 6.45) is 3.72. The fourth-order valence-corrected chi connectivity index (χ4v) is 5.18. The van der Waals surface area contributed by atoms with Gasteiger partial charge in [0.05, 0.1) is 19.3 Å². The molecule has 1 atom stereocenters. The average molecular weight is 436 g/mol. The van der Waals surface area contributed by atoms with Crippen LogP contribution in [0.5, 0.6) is 5.75 Å². The minimum atomic E-state index is -0.381. The fraction of sp³-hybridized carbons (Fsp3) is 0.455. The number of hydrogen-bond acceptors (Lipinski definition) is 5. The number of hydrogen-bond donors (Lipinski definition) is 1. The smallest absolute Gasteiger partial charge is 0.341 e. The summed E-state index contributed by atoms with van der Waals surface area (Å²) >= 11 is 7.45. The van der Waals surface area contributed by atoms with Crippen LogP contribution in [0.3, 0.4) is 0 Å². The lowest BCUT2D eigenvalue weighted by molar-refractivity contribution is -0.116. The molecular weight excluding hydrogens is 410 g/mol. The molecule has 0 saturated carbocycles. The van der Waals surface area contributed by atoms with Gasteiger partial charge in [-0.1, -0.05) is 18.5 Å². The van der Waals surface area contributed by atoms with Crippen LogP contribution < -0.4 is 10.1 Å². The number of fused-ring (bicyclic) bond motifs is 1. The molecule has 1 aromatic carbocycles. The van der Waals surface area contributed by atoms with E-state index in [0.717, 1.165) is 36.1 Å². The van der Waals surface area contributed by atoms with Crippen molar-refractivity contribution in [2.45, 2.75) is 46.0 Å². The van der Waals surface area contributed by atoms with E-state index in [-0.39, 0.29) is 11.9 Å². The Hall–Kier alpha value is -2.05. The number of aryl methyl sites for hydroxylation is 1. The summed E-state index contributed by atoms with van der Waals surface area (Å²) < 4.78 is 10.7. The second-order valence-corrected chi connectivity index (χ2v) is 9.00. The van der Waals surface area contributed by atoms with Crippen LogP contribution in [-0.2, 0) is 22.4 Å². The molecule has 5 nitrogen and oxygen atoms in total. The Balaban J connectivity index is 1.58. The van der Waals surface area contributed by atoms with Crippen molar-refractivity contribution in [3.05, 3.63) is 44.8 Å². The Kier molecular flexibility index (Phi) is 7.19. The predicted octanol–water partition coefficient (Wildman–Crippen LogP) is 5.42. The largest absolute Gasteiger partial charge is 0.493 e. The van der Waals surface area contributed by atoms with E-state index < -0.39 is 0 Å². The summed E-state index contributed by atoms with van der Waals surface area (Å²) in [4.78, 5) is 25.9. The third kappa shape index (κ3) is 5.31. The summed E-state index contributed by atoms with van der Waals surface area (Å²) in [6, 6.07) is 5.46. The van der Waals surface area contributed by atoms with Gasteiger partial charge < -0.3 is 14.8 Å². The number of amides is 1. The van der Waals surface area contributed by atoms with Crippen molar-refractivity contribution in [3.8, 4) is 5.75 Å². The zero-order valence-corrected chi connectivity index (χ0v) is 18.5. The van der Waals surface area contributed by atoms with Crippen LogP contribution in [0.2, 0.25) is 5.02 Å². The number of esters is 1. The number of benzene rings is 1. The maximum absolute atomic E-state index is 12.4. The van der Waals surface area contributed by atoms with Crippen molar-refractivity contribution in [1.29, 1.82) is 0 Å². The van der Waals surface area contributed by atoms with Crippen molar-refractivity contribution in [3.63, 3.8) is 0 Å². The molecule has 1 heterocycles. The number of carbonyl (C=O) groups excluding carboxylic acids is 2. The van der Waals surface area contributed by atoms with E-state index in [1.807, 2.05) is 19.1 Å². The molecule has 3 rings (SSSR count). The van der Waals surface area contributed by atoms with E-state index in [4.69, 9.17) is 21.1 Å². The highest BCUT2D eigenvalue weighted by Gasteiger charge is 2.28. The van der Waals surface area contributed by atoms with Gasteiger partial charge in [0, 0.05) is 16.3 Å². The van der Waals surface area contributed by atoms with Gasteiger partial charge in [0.1, 0.15) is 10.8 Å². The lowest BCUT2D eigenvalue weighted by atomic mass is 9.88. The monoisotopic (exact) mass is 435 g/mol. The lowest BCUT2D eigenvalue weighted by Gasteiger charge is -2.18. The zero-order chi connectivity index (χ0) is 21.0. The van der Waals surface area contributed by atoms with Crippen LogP contribution in [0.15, 0.2) is 18.2 Å². The van der Waals surface area contributed by atoms with Crippen molar-refractivity contribution in [2.75, 3.05) is 19.0 Å². The van der Waals surface area contributed by atoms with E-state index >= 15 is 0 Å². The second kappa shape index (κ2) is 9.63. The first-order valence-electron chi connectivity index (χ1n) is 9.80. The van der Waals surface area contributed by atoms with E-state index in [1.165, 1.54) is 23.3 Å². The third-order valence-corrected chi connectivity index (χ3v) is 6.50. The molecule has 0 spiro atoms. The van der Waals surface area contributed by atoms with E-state index in [1.54, 1.807) is 6.07 Å². The Labute approximate surface area is 180 Å². The van der Waals surface area contributed by atoms with Gasteiger partial charge >= 0.3 is 5.97 Å². The molecule has 0 aliphatic heterocycles. The molecule has 1 N–H and O–H groups in total. The maximum Gasteiger partial charge on any atom is 0.341 e. The van der Waals surface area contributed by atoms with Gasteiger partial charge in [0.15, 0.2) is 0 Å². The number of ether oxygens (including phenoxy) is 2. The highest BCUT2D eigenvalue weighted by atomic mass is 35.5. The second-order valence-electron chi connectivity index (χ2n) is 7.46. The van der Waals surface area contributed by atoms with Crippen LogP contribution in [0.4, 0.5) is 5.00 Å². The number of halogens is 1. The van der Waals surface area contributed by atoms with Gasteiger partial charge in [-0.05, 0) is 67.9 Å². The molecule has 0 bridgehead atoms. The Bertz CT molecular complexity index is 908. The first-order chi connectivity index (χ1) is 13.9. The topological polar surface area (TPSA) is 64.6 Å². The summed E-state index contributed by atoms with van der Waals surface area (Å²) in [5.74, 6) is 0.846. The molecule has 29 heavy (non-hydrogen) atoms. The third-order valence-electron chi connectivity index (χ3n) is 5.10. The summed E-state index contributed by atoms with van der Waals surface area (Å²) in [5.41, 5.74) is 2.53. The summed E-state index contributed by atoms with van der Waals surface area (Å²) in [5, 5.41) is 4.20. The molecule has 0 radical (unpaired) electrons. The number of thiophene rings is 1. The number of methoxy groups -OCH3 is 1. The molecule has 7 heteroatoms. The number of nitrogens with one attached hydrogen (secondary N) is 1. The van der Waals surface area contributed by atoms with Crippen molar-refractivity contribution in [1.82, 2.24) is 0 Å². The van der Waals surface area contributed by atoms with Gasteiger partial charge in [0.2, 0.25) is 5.91 Å². The molecule has 1 aromatic heterocycles. The van der Waals surface area contributed by atoms with Crippen LogP contribution >= 0.6 is 22.9 Å². The summed E-state index contributed by atoms with van der Waals surface area (Å²) in [7, 11) is 1.37. The van der Waals surface area contributed by atoms with Gasteiger partial charge in [-0.3, -0.25) is 4.79 Å². The van der Waals surface area contributed by atoms with Gasteiger partial charge in [-0.25, -0.2) is 4.79 Å². The van der Waals surface area contributed by atoms with Crippen molar-refractivity contribution < 1.29 is 19.1 Å². The van der Waals surface area contributed by atoms with Crippen LogP contribution in [-0.4, -0.2) is 25.6 Å². The van der Waals surface area contributed by atoms with E-state index in [9.17, 15) is 9.59 Å². The molecule has 0 saturated heterocycles. The molecule has 2 aromatic rings. The van der Waals surface area contributed by atoms with Crippen molar-refractivity contribution >= 4 is 39.8 Å². The quantitative estimate of drug-likeness (QED) is 0.466. The molecule has 1 aliphatic carbocycles. The SMILES string of the molecule is COC(=O)c1c(NC(=O)CCCOc2ccc(Cl)cc2C)sc2c1CCC(C)C2. The average Bonchev–Trinajstić information content (AvgIpc) is 3.02.